The van der Waals surface area contributed by atoms with Crippen molar-refractivity contribution in [1.82, 2.24) is 4.98 Å². The van der Waals surface area contributed by atoms with Crippen LogP contribution in [0.2, 0.25) is 0 Å². The van der Waals surface area contributed by atoms with E-state index in [9.17, 15) is 0 Å². The van der Waals surface area contributed by atoms with Gasteiger partial charge in [0.2, 0.25) is 0 Å². The van der Waals surface area contributed by atoms with E-state index in [0.717, 1.165) is 12.2 Å². The largest absolute Gasteiger partial charge is 0.373 e. The molecule has 14 heavy (non-hydrogen) atoms. The standard InChI is InChI=1S/C9H14N2.C3H4/c1-4-8-7(2)5-6-11-9(8)10-3;1-3-2/h5-6H,4H2,1-3H3,(H,10,11);1H,2H3. The summed E-state index contributed by atoms with van der Waals surface area (Å²) in [7, 11) is 1.90. The first-order valence-electron chi connectivity index (χ1n) is 4.70. The molecule has 1 rings (SSSR count). The third kappa shape index (κ3) is 3.49. The van der Waals surface area contributed by atoms with E-state index in [-0.39, 0.29) is 0 Å². The molecular formula is C12H18N2. The SMILES string of the molecule is C#CC.CCc1c(C)ccnc1NC. The van der Waals surface area contributed by atoms with Gasteiger partial charge in [-0.25, -0.2) is 4.98 Å². The van der Waals surface area contributed by atoms with E-state index < -0.39 is 0 Å². The van der Waals surface area contributed by atoms with Crippen molar-refractivity contribution in [2.45, 2.75) is 27.2 Å². The second-order valence-corrected chi connectivity index (χ2v) is 2.85. The van der Waals surface area contributed by atoms with Gasteiger partial charge in [0.25, 0.3) is 0 Å². The van der Waals surface area contributed by atoms with Crippen LogP contribution in [0.4, 0.5) is 5.82 Å². The first kappa shape index (κ1) is 12.5. The third-order valence-electron chi connectivity index (χ3n) is 1.88. The lowest BCUT2D eigenvalue weighted by molar-refractivity contribution is 1.07. The molecule has 0 aliphatic rings. The predicted molar refractivity (Wildman–Crippen MR) is 62.4 cm³/mol. The highest BCUT2D eigenvalue weighted by atomic mass is 15.0. The lowest BCUT2D eigenvalue weighted by atomic mass is 10.1. The quantitative estimate of drug-likeness (QED) is 0.725. The molecule has 1 aromatic rings. The summed E-state index contributed by atoms with van der Waals surface area (Å²) >= 11 is 0. The van der Waals surface area contributed by atoms with Crippen LogP contribution in [0.1, 0.15) is 25.0 Å². The van der Waals surface area contributed by atoms with Gasteiger partial charge in [0.15, 0.2) is 0 Å². The van der Waals surface area contributed by atoms with Crippen LogP contribution >= 0.6 is 0 Å². The number of hydrogen-bond acceptors (Lipinski definition) is 2. The Labute approximate surface area is 86.8 Å². The number of nitrogens with zero attached hydrogens (tertiary/aromatic N) is 1. The first-order valence-corrected chi connectivity index (χ1v) is 4.70. The predicted octanol–water partition coefficient (Wildman–Crippen LogP) is 2.63. The summed E-state index contributed by atoms with van der Waals surface area (Å²) in [5.74, 6) is 3.26. The number of aromatic nitrogens is 1. The van der Waals surface area contributed by atoms with Gasteiger partial charge in [-0.05, 0) is 37.5 Å². The number of hydrogen-bond donors (Lipinski definition) is 1. The maximum atomic E-state index is 4.60. The number of terminal acetylenes is 1. The second-order valence-electron chi connectivity index (χ2n) is 2.85. The molecule has 0 radical (unpaired) electrons. The third-order valence-corrected chi connectivity index (χ3v) is 1.88. The van der Waals surface area contributed by atoms with Crippen molar-refractivity contribution >= 4 is 5.82 Å². The molecule has 1 heterocycles. The van der Waals surface area contributed by atoms with Gasteiger partial charge in [-0.15, -0.1) is 12.3 Å². The van der Waals surface area contributed by atoms with E-state index in [1.807, 2.05) is 19.3 Å². The Bertz CT molecular complexity index is 311. The van der Waals surface area contributed by atoms with Crippen LogP contribution in [-0.4, -0.2) is 12.0 Å². The van der Waals surface area contributed by atoms with Crippen molar-refractivity contribution in [1.29, 1.82) is 0 Å². The van der Waals surface area contributed by atoms with Gasteiger partial charge in [0.05, 0.1) is 0 Å². The minimum Gasteiger partial charge on any atom is -0.373 e. The summed E-state index contributed by atoms with van der Waals surface area (Å²) in [4.78, 5) is 4.22. The van der Waals surface area contributed by atoms with Crippen molar-refractivity contribution in [3.8, 4) is 12.3 Å². The molecule has 0 atom stereocenters. The molecular weight excluding hydrogens is 172 g/mol. The van der Waals surface area contributed by atoms with Crippen LogP contribution in [-0.2, 0) is 6.42 Å². The fraction of sp³-hybridized carbons (Fsp3) is 0.417. The smallest absolute Gasteiger partial charge is 0.129 e. The van der Waals surface area contributed by atoms with Crippen LogP contribution in [0.15, 0.2) is 12.3 Å². The van der Waals surface area contributed by atoms with Gasteiger partial charge in [0, 0.05) is 13.2 Å². The molecule has 1 N–H and O–H groups in total. The van der Waals surface area contributed by atoms with Crippen molar-refractivity contribution in [2.24, 2.45) is 0 Å². The van der Waals surface area contributed by atoms with E-state index >= 15 is 0 Å². The highest BCUT2D eigenvalue weighted by molar-refractivity contribution is 5.47. The van der Waals surface area contributed by atoms with Gasteiger partial charge < -0.3 is 5.32 Å². The van der Waals surface area contributed by atoms with Gasteiger partial charge in [-0.1, -0.05) is 6.92 Å². The van der Waals surface area contributed by atoms with Crippen molar-refractivity contribution in [3.05, 3.63) is 23.4 Å². The molecule has 0 bridgehead atoms. The summed E-state index contributed by atoms with van der Waals surface area (Å²) in [6.45, 7) is 5.91. The molecule has 0 aliphatic heterocycles. The molecule has 0 aromatic carbocycles. The number of pyridine rings is 1. The zero-order valence-corrected chi connectivity index (χ0v) is 9.39. The Hall–Kier alpha value is -1.49. The number of anilines is 1. The van der Waals surface area contributed by atoms with Gasteiger partial charge in [0.1, 0.15) is 5.82 Å². The van der Waals surface area contributed by atoms with Crippen molar-refractivity contribution in [2.75, 3.05) is 12.4 Å². The fourth-order valence-electron chi connectivity index (χ4n) is 1.25. The molecule has 0 spiro atoms. The molecule has 1 aromatic heterocycles. The van der Waals surface area contributed by atoms with Crippen LogP contribution in [0.3, 0.4) is 0 Å². The van der Waals surface area contributed by atoms with E-state index in [2.05, 4.69) is 36.5 Å². The normalized spacial score (nSPS) is 8.21. The molecule has 2 nitrogen and oxygen atoms in total. The molecule has 0 saturated heterocycles. The Morgan fingerprint density at radius 3 is 2.50 bits per heavy atom. The summed E-state index contributed by atoms with van der Waals surface area (Å²) in [5, 5.41) is 3.08. The lowest BCUT2D eigenvalue weighted by Crippen LogP contribution is -1.99. The van der Waals surface area contributed by atoms with Crippen LogP contribution in [0, 0.1) is 19.3 Å². The fourth-order valence-corrected chi connectivity index (χ4v) is 1.25. The van der Waals surface area contributed by atoms with Crippen LogP contribution in [0.25, 0.3) is 0 Å². The molecule has 0 aliphatic carbocycles. The molecule has 0 fully saturated rings. The topological polar surface area (TPSA) is 24.9 Å². The monoisotopic (exact) mass is 190 g/mol. The number of aryl methyl sites for hydroxylation is 1. The maximum Gasteiger partial charge on any atom is 0.129 e. The second kappa shape index (κ2) is 6.97. The van der Waals surface area contributed by atoms with E-state index in [1.165, 1.54) is 11.1 Å². The Kier molecular flexibility index (Phi) is 6.22. The van der Waals surface area contributed by atoms with Gasteiger partial charge >= 0.3 is 0 Å². The lowest BCUT2D eigenvalue weighted by Gasteiger charge is -2.07. The average molecular weight is 190 g/mol. The van der Waals surface area contributed by atoms with Gasteiger partial charge in [-0.3, -0.25) is 0 Å². The Morgan fingerprint density at radius 2 is 2.14 bits per heavy atom. The van der Waals surface area contributed by atoms with Crippen LogP contribution in [0.5, 0.6) is 0 Å². The highest BCUT2D eigenvalue weighted by Gasteiger charge is 2.01. The average Bonchev–Trinajstić information content (AvgIpc) is 2.18. The van der Waals surface area contributed by atoms with Crippen molar-refractivity contribution in [3.63, 3.8) is 0 Å². The van der Waals surface area contributed by atoms with E-state index in [1.54, 1.807) is 6.92 Å². The maximum absolute atomic E-state index is 4.60. The first-order chi connectivity index (χ1) is 6.71. The summed E-state index contributed by atoms with van der Waals surface area (Å²) in [6.07, 6.45) is 7.47. The van der Waals surface area contributed by atoms with Gasteiger partial charge in [-0.2, -0.15) is 0 Å². The Balaban J connectivity index is 0.000000500. The summed E-state index contributed by atoms with van der Waals surface area (Å²) in [5.41, 5.74) is 2.63. The zero-order valence-electron chi connectivity index (χ0n) is 9.39. The minimum absolute atomic E-state index is 1.01. The molecule has 2 heteroatoms. The molecule has 0 amide bonds. The molecule has 76 valence electrons. The number of rotatable bonds is 2. The number of nitrogens with one attached hydrogen (secondary N) is 1. The van der Waals surface area contributed by atoms with Crippen molar-refractivity contribution < 1.29 is 0 Å². The zero-order chi connectivity index (χ0) is 11.0. The Morgan fingerprint density at radius 1 is 1.57 bits per heavy atom. The summed E-state index contributed by atoms with van der Waals surface area (Å²) in [6, 6.07) is 2.04. The van der Waals surface area contributed by atoms with Crippen LogP contribution < -0.4 is 5.32 Å². The minimum atomic E-state index is 1.01. The molecule has 0 unspecified atom stereocenters. The molecule has 0 saturated carbocycles. The van der Waals surface area contributed by atoms with E-state index in [0.29, 0.717) is 0 Å². The summed E-state index contributed by atoms with van der Waals surface area (Å²) < 4.78 is 0. The van der Waals surface area contributed by atoms with E-state index in [4.69, 9.17) is 0 Å². The highest BCUT2D eigenvalue weighted by Crippen LogP contribution is 2.15.